The highest BCUT2D eigenvalue weighted by Gasteiger charge is 2.66. The summed E-state index contributed by atoms with van der Waals surface area (Å²) in [5.74, 6) is 0.159. The number of hydrogen-bond donors (Lipinski definition) is 2. The summed E-state index contributed by atoms with van der Waals surface area (Å²) in [7, 11) is 0. The summed E-state index contributed by atoms with van der Waals surface area (Å²) in [5, 5.41) is 15.6. The molecule has 1 atom stereocenters. The molecular weight excluding hydrogens is 522 g/mol. The molecule has 1 aliphatic carbocycles. The van der Waals surface area contributed by atoms with E-state index in [4.69, 9.17) is 11.6 Å². The van der Waals surface area contributed by atoms with Crippen molar-refractivity contribution < 1.29 is 17.6 Å². The smallest absolute Gasteiger partial charge is 0.373 e. The van der Waals surface area contributed by atoms with Crippen LogP contribution in [0.25, 0.3) is 10.9 Å². The largest absolute Gasteiger partial charge is 0.413 e. The molecular formula is C26H26ClF4N7. The number of hydrogen-bond acceptors (Lipinski definition) is 6. The van der Waals surface area contributed by atoms with Gasteiger partial charge in [0.25, 0.3) is 0 Å². The molecule has 2 aromatic carbocycles. The zero-order valence-electron chi connectivity index (χ0n) is 20.9. The number of rotatable bonds is 7. The minimum absolute atomic E-state index is 0.00817. The van der Waals surface area contributed by atoms with E-state index < -0.39 is 23.6 Å². The van der Waals surface area contributed by atoms with Crippen molar-refractivity contribution in [3.05, 3.63) is 71.0 Å². The predicted octanol–water partition coefficient (Wildman–Crippen LogP) is 6.72. The van der Waals surface area contributed by atoms with Crippen LogP contribution in [0, 0.1) is 11.2 Å². The van der Waals surface area contributed by atoms with Gasteiger partial charge >= 0.3 is 6.18 Å². The Balaban J connectivity index is 1.54. The van der Waals surface area contributed by atoms with Gasteiger partial charge in [-0.15, -0.1) is 5.10 Å². The monoisotopic (exact) mass is 547 g/mol. The van der Waals surface area contributed by atoms with Crippen LogP contribution < -0.4 is 10.6 Å². The summed E-state index contributed by atoms with van der Waals surface area (Å²) in [4.78, 5) is 8.68. The minimum Gasteiger partial charge on any atom is -0.373 e. The fraction of sp³-hybridized carbons (Fsp3) is 0.385. The summed E-state index contributed by atoms with van der Waals surface area (Å²) in [5.41, 5.74) is -0.111. The third kappa shape index (κ3) is 5.11. The van der Waals surface area contributed by atoms with Crippen molar-refractivity contribution in [2.24, 2.45) is 5.41 Å². The van der Waals surface area contributed by atoms with Gasteiger partial charge in [0, 0.05) is 17.6 Å². The lowest BCUT2D eigenvalue weighted by Gasteiger charge is -2.21. The van der Waals surface area contributed by atoms with E-state index >= 15 is 0 Å². The molecule has 0 amide bonds. The first-order chi connectivity index (χ1) is 17.9. The van der Waals surface area contributed by atoms with E-state index in [0.717, 1.165) is 4.68 Å². The molecule has 2 heterocycles. The van der Waals surface area contributed by atoms with Crippen molar-refractivity contribution in [2.45, 2.75) is 51.4 Å². The molecule has 1 unspecified atom stereocenters. The fourth-order valence-corrected chi connectivity index (χ4v) is 4.49. The highest BCUT2D eigenvalue weighted by molar-refractivity contribution is 6.35. The standard InChI is InChI=1S/C26H26ClF4N7/c1-24(2,3)13-32-23-18-10-17(11-19(27)22(18)33-14-34-23)35-21(15-4-6-16(28)7-5-15)20-12-38(37-36-20)25(8-9-25)26(29,30)31/h4-7,10-12,14,21,35H,8-9,13H2,1-3H3,(H,32,33,34). The Morgan fingerprint density at radius 2 is 1.79 bits per heavy atom. The van der Waals surface area contributed by atoms with Crippen LogP contribution in [0.15, 0.2) is 48.9 Å². The Hall–Kier alpha value is -3.47. The third-order valence-electron chi connectivity index (χ3n) is 6.49. The molecule has 4 aromatic rings. The number of aromatic nitrogens is 5. The molecule has 0 spiro atoms. The Kier molecular flexibility index (Phi) is 6.45. The maximum absolute atomic E-state index is 13.7. The molecule has 1 fully saturated rings. The van der Waals surface area contributed by atoms with Gasteiger partial charge in [0.15, 0.2) is 5.54 Å². The van der Waals surface area contributed by atoms with Gasteiger partial charge in [-0.3, -0.25) is 0 Å². The number of nitrogens with one attached hydrogen (secondary N) is 2. The summed E-state index contributed by atoms with van der Waals surface area (Å²) >= 11 is 6.58. The van der Waals surface area contributed by atoms with Crippen LogP contribution in [-0.4, -0.2) is 37.7 Å². The summed E-state index contributed by atoms with van der Waals surface area (Å²) in [6, 6.07) is 8.40. The van der Waals surface area contributed by atoms with E-state index in [1.807, 2.05) is 6.07 Å². The van der Waals surface area contributed by atoms with Gasteiger partial charge in [-0.25, -0.2) is 19.0 Å². The van der Waals surface area contributed by atoms with Crippen LogP contribution in [0.4, 0.5) is 29.1 Å². The predicted molar refractivity (Wildman–Crippen MR) is 138 cm³/mol. The van der Waals surface area contributed by atoms with Gasteiger partial charge in [-0.05, 0) is 48.1 Å². The van der Waals surface area contributed by atoms with Crippen molar-refractivity contribution in [1.82, 2.24) is 25.0 Å². The first-order valence-electron chi connectivity index (χ1n) is 12.1. The zero-order valence-corrected chi connectivity index (χ0v) is 21.7. The molecule has 0 bridgehead atoms. The highest BCUT2D eigenvalue weighted by atomic mass is 35.5. The Bertz CT molecular complexity index is 1460. The molecule has 7 nitrogen and oxygen atoms in total. The van der Waals surface area contributed by atoms with Crippen molar-refractivity contribution in [3.63, 3.8) is 0 Å². The second-order valence-electron chi connectivity index (χ2n) is 10.7. The molecule has 200 valence electrons. The third-order valence-corrected chi connectivity index (χ3v) is 6.78. The molecule has 2 N–H and O–H groups in total. The van der Waals surface area contributed by atoms with Crippen LogP contribution in [-0.2, 0) is 5.54 Å². The Morgan fingerprint density at radius 1 is 1.08 bits per heavy atom. The first-order valence-corrected chi connectivity index (χ1v) is 12.4. The Morgan fingerprint density at radius 3 is 2.42 bits per heavy atom. The van der Waals surface area contributed by atoms with E-state index in [0.29, 0.717) is 39.5 Å². The second-order valence-corrected chi connectivity index (χ2v) is 11.1. The van der Waals surface area contributed by atoms with Crippen LogP contribution >= 0.6 is 11.6 Å². The van der Waals surface area contributed by atoms with Gasteiger partial charge in [0.1, 0.15) is 23.7 Å². The van der Waals surface area contributed by atoms with Crippen molar-refractivity contribution in [3.8, 4) is 0 Å². The average Bonchev–Trinajstić information content (AvgIpc) is 3.53. The lowest BCUT2D eigenvalue weighted by Crippen LogP contribution is -2.35. The van der Waals surface area contributed by atoms with E-state index in [9.17, 15) is 17.6 Å². The fourth-order valence-electron chi connectivity index (χ4n) is 4.23. The van der Waals surface area contributed by atoms with E-state index in [-0.39, 0.29) is 24.0 Å². The number of alkyl halides is 3. The van der Waals surface area contributed by atoms with Gasteiger partial charge < -0.3 is 10.6 Å². The maximum Gasteiger partial charge on any atom is 0.413 e. The molecule has 0 radical (unpaired) electrons. The van der Waals surface area contributed by atoms with Gasteiger partial charge in [-0.1, -0.05) is 49.7 Å². The number of halogens is 5. The van der Waals surface area contributed by atoms with E-state index in [2.05, 4.69) is 51.7 Å². The minimum atomic E-state index is -4.45. The zero-order chi connectivity index (χ0) is 27.3. The number of nitrogens with zero attached hydrogens (tertiary/aromatic N) is 5. The second kappa shape index (κ2) is 9.37. The normalized spacial score (nSPS) is 15.9. The van der Waals surface area contributed by atoms with Crippen LogP contribution in [0.3, 0.4) is 0 Å². The molecule has 5 rings (SSSR count). The lowest BCUT2D eigenvalue weighted by molar-refractivity contribution is -0.182. The summed E-state index contributed by atoms with van der Waals surface area (Å²) < 4.78 is 55.7. The van der Waals surface area contributed by atoms with Crippen molar-refractivity contribution >= 4 is 34.0 Å². The molecule has 38 heavy (non-hydrogen) atoms. The number of benzene rings is 2. The molecule has 1 saturated carbocycles. The van der Waals surface area contributed by atoms with Crippen molar-refractivity contribution in [2.75, 3.05) is 17.2 Å². The SMILES string of the molecule is CC(C)(C)CNc1ncnc2c(Cl)cc(NC(c3ccc(F)cc3)c3cn(C4(C(F)(F)F)CC4)nn3)cc12. The van der Waals surface area contributed by atoms with Crippen LogP contribution in [0.1, 0.15) is 50.9 Å². The van der Waals surface area contributed by atoms with E-state index in [1.165, 1.54) is 24.7 Å². The summed E-state index contributed by atoms with van der Waals surface area (Å²) in [6.07, 6.45) is -1.83. The molecule has 12 heteroatoms. The number of fused-ring (bicyclic) bond motifs is 1. The maximum atomic E-state index is 13.7. The van der Waals surface area contributed by atoms with Crippen LogP contribution in [0.2, 0.25) is 5.02 Å². The topological polar surface area (TPSA) is 80.5 Å². The highest BCUT2D eigenvalue weighted by Crippen LogP contribution is 2.55. The van der Waals surface area contributed by atoms with Gasteiger partial charge in [0.05, 0.1) is 22.8 Å². The molecule has 1 aliphatic rings. The lowest BCUT2D eigenvalue weighted by atomic mass is 9.97. The summed E-state index contributed by atoms with van der Waals surface area (Å²) in [6.45, 7) is 6.92. The quantitative estimate of drug-likeness (QED) is 0.250. The van der Waals surface area contributed by atoms with Gasteiger partial charge in [0.2, 0.25) is 0 Å². The van der Waals surface area contributed by atoms with Crippen LogP contribution in [0.5, 0.6) is 0 Å². The molecule has 0 aliphatic heterocycles. The molecule has 2 aromatic heterocycles. The van der Waals surface area contributed by atoms with E-state index in [1.54, 1.807) is 18.2 Å². The average molecular weight is 548 g/mol. The van der Waals surface area contributed by atoms with Gasteiger partial charge in [-0.2, -0.15) is 13.2 Å². The first kappa shape index (κ1) is 26.1. The molecule has 0 saturated heterocycles. The van der Waals surface area contributed by atoms with Crippen molar-refractivity contribution in [1.29, 1.82) is 0 Å². The number of anilines is 2. The Labute approximate surface area is 221 Å².